The third kappa shape index (κ3) is 2.94. The molecule has 0 heterocycles. The largest absolute Gasteiger partial charge is 0.375 e. The molecule has 0 radical (unpaired) electrons. The molecule has 0 bridgehead atoms. The quantitative estimate of drug-likeness (QED) is 0.814. The van der Waals surface area contributed by atoms with Crippen molar-refractivity contribution >= 4 is 46.4 Å². The zero-order chi connectivity index (χ0) is 10.7. The first kappa shape index (κ1) is 11.4. The number of nitrogens with two attached hydrogens (primary N) is 1. The number of benzene rings is 1. The Kier molecular flexibility index (Phi) is 3.86. The van der Waals surface area contributed by atoms with Crippen LogP contribution < -0.4 is 11.1 Å². The lowest BCUT2D eigenvalue weighted by Crippen LogP contribution is -2.21. The van der Waals surface area contributed by atoms with Gasteiger partial charge in [0.2, 0.25) is 5.91 Å². The van der Waals surface area contributed by atoms with Crippen molar-refractivity contribution in [2.75, 3.05) is 11.9 Å². The Labute approximate surface area is 96.1 Å². The Morgan fingerprint density at radius 3 is 2.36 bits per heavy atom. The number of hydrogen-bond acceptors (Lipinski definition) is 2. The Morgan fingerprint density at radius 2 is 1.79 bits per heavy atom. The summed E-state index contributed by atoms with van der Waals surface area (Å²) in [5.74, 6) is -0.480. The second-order valence-electron chi connectivity index (χ2n) is 2.57. The summed E-state index contributed by atoms with van der Waals surface area (Å²) in [7, 11) is 0. The molecule has 6 heteroatoms. The molecule has 14 heavy (non-hydrogen) atoms. The smallest absolute Gasteiger partial charge is 0.236 e. The minimum absolute atomic E-state index is 0.00230. The summed E-state index contributed by atoms with van der Waals surface area (Å²) in [4.78, 5) is 10.5. The van der Waals surface area contributed by atoms with Gasteiger partial charge >= 0.3 is 0 Å². The summed E-state index contributed by atoms with van der Waals surface area (Å²) in [6, 6.07) is 3.03. The highest BCUT2D eigenvalue weighted by molar-refractivity contribution is 6.44. The van der Waals surface area contributed by atoms with Gasteiger partial charge in [-0.25, -0.2) is 0 Å². The number of nitrogens with one attached hydrogen (secondary N) is 1. The van der Waals surface area contributed by atoms with Crippen molar-refractivity contribution in [3.8, 4) is 0 Å². The highest BCUT2D eigenvalue weighted by atomic mass is 35.5. The van der Waals surface area contributed by atoms with Crippen molar-refractivity contribution in [2.45, 2.75) is 0 Å². The zero-order valence-electron chi connectivity index (χ0n) is 6.98. The Hall–Kier alpha value is -0.640. The van der Waals surface area contributed by atoms with Crippen LogP contribution in [0, 0.1) is 0 Å². The van der Waals surface area contributed by atoms with Crippen LogP contribution in [-0.2, 0) is 4.79 Å². The van der Waals surface area contributed by atoms with Crippen molar-refractivity contribution in [3.05, 3.63) is 27.2 Å². The lowest BCUT2D eigenvalue weighted by atomic mass is 10.3. The number of carbonyl (C=O) groups excluding carboxylic acids is 1. The second kappa shape index (κ2) is 4.73. The number of halogens is 3. The third-order valence-electron chi connectivity index (χ3n) is 1.46. The van der Waals surface area contributed by atoms with Crippen molar-refractivity contribution in [1.29, 1.82) is 0 Å². The van der Waals surface area contributed by atoms with Gasteiger partial charge in [-0.05, 0) is 12.1 Å². The zero-order valence-corrected chi connectivity index (χ0v) is 9.25. The number of amides is 1. The summed E-state index contributed by atoms with van der Waals surface area (Å²) in [6.45, 7) is -0.00230. The summed E-state index contributed by atoms with van der Waals surface area (Å²) in [6.07, 6.45) is 0. The van der Waals surface area contributed by atoms with Gasteiger partial charge in [-0.15, -0.1) is 0 Å². The van der Waals surface area contributed by atoms with Crippen molar-refractivity contribution < 1.29 is 4.79 Å². The molecule has 0 aliphatic heterocycles. The van der Waals surface area contributed by atoms with Gasteiger partial charge < -0.3 is 11.1 Å². The van der Waals surface area contributed by atoms with E-state index in [9.17, 15) is 4.79 Å². The van der Waals surface area contributed by atoms with Crippen LogP contribution in [0.1, 0.15) is 0 Å². The highest BCUT2D eigenvalue weighted by Crippen LogP contribution is 2.31. The minimum Gasteiger partial charge on any atom is -0.375 e. The molecule has 3 nitrogen and oxygen atoms in total. The van der Waals surface area contributed by atoms with Gasteiger partial charge in [0.15, 0.2) is 0 Å². The Morgan fingerprint density at radius 1 is 1.21 bits per heavy atom. The fourth-order valence-corrected chi connectivity index (χ4v) is 1.45. The van der Waals surface area contributed by atoms with Crippen LogP contribution in [0.25, 0.3) is 0 Å². The van der Waals surface area contributed by atoms with Gasteiger partial charge in [0.1, 0.15) is 0 Å². The molecule has 3 N–H and O–H groups in total. The molecule has 76 valence electrons. The fraction of sp³-hybridized carbons (Fsp3) is 0.125. The SMILES string of the molecule is NC(=O)CNc1cc(Cl)c(Cl)cc1Cl. The topological polar surface area (TPSA) is 55.1 Å². The van der Waals surface area contributed by atoms with Gasteiger partial charge in [-0.1, -0.05) is 34.8 Å². The van der Waals surface area contributed by atoms with E-state index >= 15 is 0 Å². The van der Waals surface area contributed by atoms with Crippen LogP contribution >= 0.6 is 34.8 Å². The van der Waals surface area contributed by atoms with Crippen LogP contribution in [0.4, 0.5) is 5.69 Å². The molecule has 1 rings (SSSR count). The molecular formula is C8H7Cl3N2O. The van der Waals surface area contributed by atoms with Crippen LogP contribution in [0.5, 0.6) is 0 Å². The van der Waals surface area contributed by atoms with Gasteiger partial charge in [0, 0.05) is 0 Å². The molecule has 0 unspecified atom stereocenters. The number of primary amides is 1. The molecule has 0 fully saturated rings. The fourth-order valence-electron chi connectivity index (χ4n) is 0.840. The number of anilines is 1. The van der Waals surface area contributed by atoms with Crippen molar-refractivity contribution in [1.82, 2.24) is 0 Å². The molecule has 0 atom stereocenters. The van der Waals surface area contributed by atoms with E-state index in [4.69, 9.17) is 40.5 Å². The van der Waals surface area contributed by atoms with E-state index in [-0.39, 0.29) is 6.54 Å². The molecule has 1 aromatic carbocycles. The maximum Gasteiger partial charge on any atom is 0.236 e. The van der Waals surface area contributed by atoms with Crippen molar-refractivity contribution in [2.24, 2.45) is 5.73 Å². The van der Waals surface area contributed by atoms with E-state index in [0.717, 1.165) is 0 Å². The molecule has 1 aromatic rings. The maximum absolute atomic E-state index is 10.5. The molecule has 0 saturated heterocycles. The first-order chi connectivity index (χ1) is 6.50. The first-order valence-electron chi connectivity index (χ1n) is 3.67. The summed E-state index contributed by atoms with van der Waals surface area (Å²) in [5.41, 5.74) is 5.48. The second-order valence-corrected chi connectivity index (χ2v) is 3.79. The van der Waals surface area contributed by atoms with E-state index < -0.39 is 5.91 Å². The van der Waals surface area contributed by atoms with Gasteiger partial charge in [0.25, 0.3) is 0 Å². The molecule has 0 aliphatic carbocycles. The first-order valence-corrected chi connectivity index (χ1v) is 4.81. The van der Waals surface area contributed by atoms with E-state index in [1.54, 1.807) is 0 Å². The van der Waals surface area contributed by atoms with Crippen LogP contribution in [0.2, 0.25) is 15.1 Å². The monoisotopic (exact) mass is 252 g/mol. The van der Waals surface area contributed by atoms with E-state index in [1.807, 2.05) is 0 Å². The van der Waals surface area contributed by atoms with Crippen molar-refractivity contribution in [3.63, 3.8) is 0 Å². The summed E-state index contributed by atoms with van der Waals surface area (Å²) in [5, 5.41) is 3.85. The Balaban J connectivity index is 2.87. The number of carbonyl (C=O) groups is 1. The number of hydrogen-bond donors (Lipinski definition) is 2. The minimum atomic E-state index is -0.480. The van der Waals surface area contributed by atoms with Gasteiger partial charge in [-0.3, -0.25) is 4.79 Å². The normalized spacial score (nSPS) is 9.93. The molecule has 0 aliphatic rings. The van der Waals surface area contributed by atoms with E-state index in [2.05, 4.69) is 5.32 Å². The lowest BCUT2D eigenvalue weighted by molar-refractivity contribution is -0.116. The highest BCUT2D eigenvalue weighted by Gasteiger charge is 2.05. The van der Waals surface area contributed by atoms with Gasteiger partial charge in [0.05, 0.1) is 27.3 Å². The van der Waals surface area contributed by atoms with E-state index in [0.29, 0.717) is 20.8 Å². The van der Waals surface area contributed by atoms with Crippen LogP contribution in [-0.4, -0.2) is 12.5 Å². The van der Waals surface area contributed by atoms with Crippen LogP contribution in [0.3, 0.4) is 0 Å². The van der Waals surface area contributed by atoms with E-state index in [1.165, 1.54) is 12.1 Å². The predicted octanol–water partition coefficient (Wildman–Crippen LogP) is 2.54. The summed E-state index contributed by atoms with van der Waals surface area (Å²) >= 11 is 17.3. The maximum atomic E-state index is 10.5. The molecule has 0 aromatic heterocycles. The molecule has 1 amide bonds. The average Bonchev–Trinajstić information content (AvgIpc) is 2.09. The predicted molar refractivity (Wildman–Crippen MR) is 59.2 cm³/mol. The van der Waals surface area contributed by atoms with Crippen LogP contribution in [0.15, 0.2) is 12.1 Å². The Bertz CT molecular complexity index is 368. The molecular weight excluding hydrogens is 246 g/mol. The third-order valence-corrected chi connectivity index (χ3v) is 2.50. The average molecular weight is 254 g/mol. The standard InChI is InChI=1S/C8H7Cl3N2O/c9-4-1-6(11)7(2-5(4)10)13-3-8(12)14/h1-2,13H,3H2,(H2,12,14). The summed E-state index contributed by atoms with van der Waals surface area (Å²) < 4.78 is 0. The lowest BCUT2D eigenvalue weighted by Gasteiger charge is -2.07. The molecule has 0 saturated carbocycles. The number of rotatable bonds is 3. The van der Waals surface area contributed by atoms with Gasteiger partial charge in [-0.2, -0.15) is 0 Å². The molecule has 0 spiro atoms.